The van der Waals surface area contributed by atoms with E-state index < -0.39 is 29.0 Å². The third-order valence-electron chi connectivity index (χ3n) is 2.15. The molecular weight excluding hydrogens is 244 g/mol. The van der Waals surface area contributed by atoms with Gasteiger partial charge in [0.25, 0.3) is 5.78 Å². The van der Waals surface area contributed by atoms with Crippen molar-refractivity contribution in [3.8, 4) is 11.5 Å². The van der Waals surface area contributed by atoms with Crippen LogP contribution in [0.1, 0.15) is 20.7 Å². The summed E-state index contributed by atoms with van der Waals surface area (Å²) in [6, 6.07) is 2.07. The van der Waals surface area contributed by atoms with Gasteiger partial charge in [-0.2, -0.15) is 0 Å². The van der Waals surface area contributed by atoms with Crippen LogP contribution in [-0.2, 0) is 9.53 Å². The minimum Gasteiger partial charge on any atom is -0.504 e. The second-order valence-electron chi connectivity index (χ2n) is 3.20. The number of benzene rings is 1. The Hall–Kier alpha value is -2.57. The molecule has 0 fully saturated rings. The Balaban J connectivity index is 3.45. The lowest BCUT2D eigenvalue weighted by molar-refractivity contribution is -0.131. The van der Waals surface area contributed by atoms with E-state index in [4.69, 9.17) is 9.84 Å². The summed E-state index contributed by atoms with van der Waals surface area (Å²) in [5.74, 6) is -4.72. The maximum atomic E-state index is 11.3. The first-order valence-corrected chi connectivity index (χ1v) is 4.69. The van der Waals surface area contributed by atoms with Crippen LogP contribution >= 0.6 is 0 Å². The third-order valence-corrected chi connectivity index (χ3v) is 2.15. The van der Waals surface area contributed by atoms with Crippen LogP contribution in [0, 0.1) is 0 Å². The molecule has 0 aliphatic heterocycles. The number of carboxylic acids is 1. The Bertz CT molecular complexity index is 518. The Morgan fingerprint density at radius 3 is 2.22 bits per heavy atom. The van der Waals surface area contributed by atoms with Crippen LogP contribution in [0.5, 0.6) is 11.5 Å². The SMILES string of the molecule is COC(=O)c1cc(OC)c(O)c(C(=O)C(=O)O)c1. The molecule has 7 heteroatoms. The van der Waals surface area contributed by atoms with Gasteiger partial charge in [-0.15, -0.1) is 0 Å². The summed E-state index contributed by atoms with van der Waals surface area (Å²) in [6.45, 7) is 0. The zero-order valence-corrected chi connectivity index (χ0v) is 9.59. The summed E-state index contributed by atoms with van der Waals surface area (Å²) < 4.78 is 9.18. The molecular formula is C11H10O7. The molecule has 0 saturated heterocycles. The van der Waals surface area contributed by atoms with Crippen molar-refractivity contribution in [2.45, 2.75) is 0 Å². The lowest BCUT2D eigenvalue weighted by Gasteiger charge is -2.09. The first-order valence-electron chi connectivity index (χ1n) is 4.69. The number of phenols is 1. The van der Waals surface area contributed by atoms with E-state index in [0.29, 0.717) is 0 Å². The van der Waals surface area contributed by atoms with Crippen molar-refractivity contribution in [2.24, 2.45) is 0 Å². The van der Waals surface area contributed by atoms with Gasteiger partial charge in [-0.05, 0) is 12.1 Å². The van der Waals surface area contributed by atoms with E-state index in [1.54, 1.807) is 0 Å². The van der Waals surface area contributed by atoms with Crippen LogP contribution in [0.2, 0.25) is 0 Å². The number of aromatic hydroxyl groups is 1. The number of carbonyl (C=O) groups is 3. The molecule has 0 amide bonds. The number of carbonyl (C=O) groups excluding carboxylic acids is 2. The molecule has 0 saturated carbocycles. The van der Waals surface area contributed by atoms with Crippen molar-refractivity contribution in [1.82, 2.24) is 0 Å². The molecule has 0 aliphatic rings. The molecule has 18 heavy (non-hydrogen) atoms. The average Bonchev–Trinajstić information content (AvgIpc) is 2.37. The second kappa shape index (κ2) is 5.17. The van der Waals surface area contributed by atoms with Crippen LogP contribution in [0.25, 0.3) is 0 Å². The van der Waals surface area contributed by atoms with Crippen LogP contribution in [-0.4, -0.2) is 42.2 Å². The number of esters is 1. The van der Waals surface area contributed by atoms with E-state index in [0.717, 1.165) is 19.2 Å². The molecule has 0 aromatic heterocycles. The number of hydrogen-bond donors (Lipinski definition) is 2. The number of ether oxygens (including phenoxy) is 2. The van der Waals surface area contributed by atoms with Crippen molar-refractivity contribution >= 4 is 17.7 Å². The molecule has 0 aliphatic carbocycles. The van der Waals surface area contributed by atoms with E-state index in [2.05, 4.69) is 4.74 Å². The van der Waals surface area contributed by atoms with Crippen molar-refractivity contribution in [2.75, 3.05) is 14.2 Å². The fourth-order valence-corrected chi connectivity index (χ4v) is 1.29. The minimum absolute atomic E-state index is 0.100. The zero-order chi connectivity index (χ0) is 13.9. The molecule has 1 aromatic rings. The highest BCUT2D eigenvalue weighted by atomic mass is 16.5. The van der Waals surface area contributed by atoms with Gasteiger partial charge in [0.15, 0.2) is 11.5 Å². The lowest BCUT2D eigenvalue weighted by atomic mass is 10.0. The molecule has 0 atom stereocenters. The van der Waals surface area contributed by atoms with Crippen molar-refractivity contribution < 1.29 is 34.1 Å². The van der Waals surface area contributed by atoms with Gasteiger partial charge >= 0.3 is 11.9 Å². The molecule has 0 spiro atoms. The van der Waals surface area contributed by atoms with E-state index in [-0.39, 0.29) is 11.3 Å². The zero-order valence-electron chi connectivity index (χ0n) is 9.59. The second-order valence-corrected chi connectivity index (χ2v) is 3.20. The Kier molecular flexibility index (Phi) is 3.88. The van der Waals surface area contributed by atoms with Gasteiger partial charge in [0.1, 0.15) is 0 Å². The predicted molar refractivity (Wildman–Crippen MR) is 58.0 cm³/mol. The summed E-state index contributed by atoms with van der Waals surface area (Å²) in [7, 11) is 2.32. The minimum atomic E-state index is -1.76. The number of carboxylic acid groups (broad SMARTS) is 1. The maximum absolute atomic E-state index is 11.3. The monoisotopic (exact) mass is 254 g/mol. The number of rotatable bonds is 4. The van der Waals surface area contributed by atoms with Crippen LogP contribution in [0.4, 0.5) is 0 Å². The first-order chi connectivity index (χ1) is 8.42. The number of aliphatic carboxylic acids is 1. The van der Waals surface area contributed by atoms with Crippen LogP contribution in [0.3, 0.4) is 0 Å². The summed E-state index contributed by atoms with van der Waals surface area (Å²) in [6.07, 6.45) is 0. The summed E-state index contributed by atoms with van der Waals surface area (Å²) >= 11 is 0. The van der Waals surface area contributed by atoms with E-state index in [9.17, 15) is 19.5 Å². The van der Waals surface area contributed by atoms with E-state index >= 15 is 0 Å². The van der Waals surface area contributed by atoms with Crippen molar-refractivity contribution in [3.05, 3.63) is 23.3 Å². The maximum Gasteiger partial charge on any atom is 0.377 e. The Morgan fingerprint density at radius 1 is 1.17 bits per heavy atom. The number of phenolic OH excluding ortho intramolecular Hbond substituents is 1. The molecule has 2 N–H and O–H groups in total. The van der Waals surface area contributed by atoms with Gasteiger partial charge in [-0.3, -0.25) is 4.79 Å². The predicted octanol–water partition coefficient (Wildman–Crippen LogP) is 0.455. The molecule has 0 bridgehead atoms. The number of Topliss-reactive ketones (excluding diaryl/α,β-unsaturated/α-hetero) is 1. The van der Waals surface area contributed by atoms with E-state index in [1.165, 1.54) is 7.11 Å². The molecule has 1 rings (SSSR count). The summed E-state index contributed by atoms with van der Waals surface area (Å²) in [4.78, 5) is 33.2. The third kappa shape index (κ3) is 2.40. The van der Waals surface area contributed by atoms with Crippen LogP contribution < -0.4 is 4.74 Å². The van der Waals surface area contributed by atoms with Crippen molar-refractivity contribution in [1.29, 1.82) is 0 Å². The molecule has 0 radical (unpaired) electrons. The number of ketones is 1. The van der Waals surface area contributed by atoms with Crippen molar-refractivity contribution in [3.63, 3.8) is 0 Å². The van der Waals surface area contributed by atoms with Gasteiger partial charge in [0, 0.05) is 0 Å². The fraction of sp³-hybridized carbons (Fsp3) is 0.182. The molecule has 1 aromatic carbocycles. The molecule has 96 valence electrons. The average molecular weight is 254 g/mol. The molecule has 0 heterocycles. The van der Waals surface area contributed by atoms with E-state index in [1.807, 2.05) is 0 Å². The first kappa shape index (κ1) is 13.5. The molecule has 7 nitrogen and oxygen atoms in total. The highest BCUT2D eigenvalue weighted by molar-refractivity contribution is 6.40. The largest absolute Gasteiger partial charge is 0.504 e. The fourth-order valence-electron chi connectivity index (χ4n) is 1.29. The molecule has 0 unspecified atom stereocenters. The lowest BCUT2D eigenvalue weighted by Crippen LogP contribution is -2.14. The van der Waals surface area contributed by atoms with Gasteiger partial charge in [-0.25, -0.2) is 9.59 Å². The quantitative estimate of drug-likeness (QED) is 0.456. The van der Waals surface area contributed by atoms with Gasteiger partial charge < -0.3 is 19.7 Å². The van der Waals surface area contributed by atoms with Crippen LogP contribution in [0.15, 0.2) is 12.1 Å². The highest BCUT2D eigenvalue weighted by Gasteiger charge is 2.24. The van der Waals surface area contributed by atoms with Gasteiger partial charge in [0.2, 0.25) is 0 Å². The standard InChI is InChI=1S/C11H10O7/c1-17-7-4-5(11(16)18-2)3-6(8(7)12)9(13)10(14)15/h3-4,12H,1-2H3,(H,14,15). The highest BCUT2D eigenvalue weighted by Crippen LogP contribution is 2.32. The Morgan fingerprint density at radius 2 is 1.78 bits per heavy atom. The normalized spacial score (nSPS) is 9.67. The summed E-state index contributed by atoms with van der Waals surface area (Å²) in [5.41, 5.74) is -0.640. The van der Waals surface area contributed by atoms with Gasteiger partial charge in [0.05, 0.1) is 25.3 Å². The Labute approximate surface area is 102 Å². The number of methoxy groups -OCH3 is 2. The topological polar surface area (TPSA) is 110 Å². The number of hydrogen-bond acceptors (Lipinski definition) is 6. The van der Waals surface area contributed by atoms with Gasteiger partial charge in [-0.1, -0.05) is 0 Å². The smallest absolute Gasteiger partial charge is 0.377 e. The summed E-state index contributed by atoms with van der Waals surface area (Å²) in [5, 5.41) is 18.2.